The van der Waals surface area contributed by atoms with Crippen LogP contribution in [0, 0.1) is 15.9 Å². The largest absolute Gasteiger partial charge is 0.491 e. The summed E-state index contributed by atoms with van der Waals surface area (Å²) >= 11 is 0. The Kier molecular flexibility index (Phi) is 6.73. The summed E-state index contributed by atoms with van der Waals surface area (Å²) < 4.78 is 18.4. The Bertz CT molecular complexity index is 853. The monoisotopic (exact) mass is 403 g/mol. The average Bonchev–Trinajstić information content (AvgIpc) is 2.73. The number of hydrogen-bond donors (Lipinski definition) is 1. The number of carbonyl (C=O) groups is 1. The van der Waals surface area contributed by atoms with Gasteiger partial charge < -0.3 is 14.7 Å². The highest BCUT2D eigenvalue weighted by atomic mass is 19.1. The van der Waals surface area contributed by atoms with Gasteiger partial charge in [0.2, 0.25) is 0 Å². The van der Waals surface area contributed by atoms with E-state index in [1.165, 1.54) is 42.5 Å². The second-order valence-corrected chi connectivity index (χ2v) is 6.82. The Labute approximate surface area is 167 Å². The van der Waals surface area contributed by atoms with E-state index in [-0.39, 0.29) is 24.0 Å². The number of amides is 1. The van der Waals surface area contributed by atoms with E-state index in [4.69, 9.17) is 4.74 Å². The molecule has 1 fully saturated rings. The lowest BCUT2D eigenvalue weighted by Crippen LogP contribution is -2.50. The van der Waals surface area contributed by atoms with Gasteiger partial charge in [-0.15, -0.1) is 0 Å². The normalized spacial score (nSPS) is 15.7. The molecule has 1 amide bonds. The summed E-state index contributed by atoms with van der Waals surface area (Å²) in [4.78, 5) is 26.4. The summed E-state index contributed by atoms with van der Waals surface area (Å²) in [6.45, 7) is 2.59. The Morgan fingerprint density at radius 2 is 1.86 bits per heavy atom. The molecule has 1 N–H and O–H groups in total. The number of nitro benzene ring substituents is 1. The summed E-state index contributed by atoms with van der Waals surface area (Å²) in [6.07, 6.45) is -0.770. The first-order chi connectivity index (χ1) is 13.9. The molecule has 29 heavy (non-hydrogen) atoms. The third-order valence-corrected chi connectivity index (χ3v) is 4.69. The molecule has 0 aliphatic carbocycles. The van der Waals surface area contributed by atoms with Crippen molar-refractivity contribution < 1.29 is 24.0 Å². The van der Waals surface area contributed by atoms with E-state index in [2.05, 4.69) is 0 Å². The zero-order valence-corrected chi connectivity index (χ0v) is 15.7. The first-order valence-corrected chi connectivity index (χ1v) is 9.25. The van der Waals surface area contributed by atoms with Gasteiger partial charge in [0.25, 0.3) is 11.6 Å². The van der Waals surface area contributed by atoms with Crippen molar-refractivity contribution in [3.63, 3.8) is 0 Å². The second kappa shape index (κ2) is 9.44. The number of nitrogens with zero attached hydrogens (tertiary/aromatic N) is 3. The van der Waals surface area contributed by atoms with Gasteiger partial charge in [0.05, 0.1) is 11.0 Å². The van der Waals surface area contributed by atoms with Crippen molar-refractivity contribution in [2.24, 2.45) is 0 Å². The lowest BCUT2D eigenvalue weighted by Gasteiger charge is -2.35. The SMILES string of the molecule is O=C(c1ccc(F)cc1)N1CCN(CC(O)COc2cccc([N+](=O)[O-])c2)CC1. The number of ether oxygens (including phenoxy) is 1. The zero-order valence-electron chi connectivity index (χ0n) is 15.7. The third-order valence-electron chi connectivity index (χ3n) is 4.69. The summed E-state index contributed by atoms with van der Waals surface area (Å²) in [5, 5.41) is 21.0. The van der Waals surface area contributed by atoms with Crippen LogP contribution in [0.2, 0.25) is 0 Å². The van der Waals surface area contributed by atoms with Gasteiger partial charge in [-0.1, -0.05) is 6.07 Å². The van der Waals surface area contributed by atoms with Crippen LogP contribution in [-0.2, 0) is 0 Å². The summed E-state index contributed by atoms with van der Waals surface area (Å²) in [6, 6.07) is 11.3. The summed E-state index contributed by atoms with van der Waals surface area (Å²) in [5.41, 5.74) is 0.379. The second-order valence-electron chi connectivity index (χ2n) is 6.82. The first-order valence-electron chi connectivity index (χ1n) is 9.25. The first kappa shape index (κ1) is 20.7. The molecule has 1 heterocycles. The lowest BCUT2D eigenvalue weighted by molar-refractivity contribution is -0.384. The van der Waals surface area contributed by atoms with E-state index >= 15 is 0 Å². The molecule has 1 saturated heterocycles. The van der Waals surface area contributed by atoms with Gasteiger partial charge in [-0.3, -0.25) is 19.8 Å². The number of hydrogen-bond acceptors (Lipinski definition) is 6. The van der Waals surface area contributed by atoms with Crippen LogP contribution in [0.3, 0.4) is 0 Å². The number of non-ortho nitro benzene ring substituents is 1. The molecule has 0 bridgehead atoms. The minimum atomic E-state index is -0.770. The number of aliphatic hydroxyl groups is 1. The maximum absolute atomic E-state index is 13.0. The summed E-state index contributed by atoms with van der Waals surface area (Å²) in [7, 11) is 0. The molecule has 8 nitrogen and oxygen atoms in total. The number of β-amino-alcohol motifs (C(OH)–C–C–N with tert-alkyl or cyclic N) is 1. The highest BCUT2D eigenvalue weighted by Gasteiger charge is 2.23. The number of nitro groups is 1. The number of halogens is 1. The molecular weight excluding hydrogens is 381 g/mol. The van der Waals surface area contributed by atoms with Crippen LogP contribution < -0.4 is 4.74 Å². The molecule has 0 saturated carbocycles. The van der Waals surface area contributed by atoms with Gasteiger partial charge in [-0.2, -0.15) is 0 Å². The van der Waals surface area contributed by atoms with Gasteiger partial charge >= 0.3 is 0 Å². The predicted molar refractivity (Wildman–Crippen MR) is 103 cm³/mol. The number of aliphatic hydroxyl groups excluding tert-OH is 1. The van der Waals surface area contributed by atoms with Crippen LogP contribution in [0.4, 0.5) is 10.1 Å². The van der Waals surface area contributed by atoms with Gasteiger partial charge in [0.1, 0.15) is 24.3 Å². The van der Waals surface area contributed by atoms with Crippen molar-refractivity contribution in [1.29, 1.82) is 0 Å². The van der Waals surface area contributed by atoms with E-state index in [0.29, 0.717) is 44.0 Å². The lowest BCUT2D eigenvalue weighted by atomic mass is 10.1. The minimum absolute atomic E-state index is 0.00981. The third kappa shape index (κ3) is 5.72. The van der Waals surface area contributed by atoms with E-state index in [1.54, 1.807) is 11.0 Å². The van der Waals surface area contributed by atoms with Crippen molar-refractivity contribution in [3.05, 3.63) is 70.0 Å². The molecule has 0 aromatic heterocycles. The number of rotatable bonds is 7. The van der Waals surface area contributed by atoms with Gasteiger partial charge in [-0.05, 0) is 30.3 Å². The van der Waals surface area contributed by atoms with Crippen molar-refractivity contribution in [3.8, 4) is 5.75 Å². The highest BCUT2D eigenvalue weighted by molar-refractivity contribution is 5.94. The molecule has 1 unspecified atom stereocenters. The molecule has 0 spiro atoms. The molecule has 154 valence electrons. The Morgan fingerprint density at radius 3 is 2.52 bits per heavy atom. The van der Waals surface area contributed by atoms with Crippen LogP contribution in [-0.4, -0.2) is 71.2 Å². The molecule has 9 heteroatoms. The van der Waals surface area contributed by atoms with Gasteiger partial charge in [0, 0.05) is 44.4 Å². The number of carbonyl (C=O) groups excluding carboxylic acids is 1. The predicted octanol–water partition coefficient (Wildman–Crippen LogP) is 1.93. The summed E-state index contributed by atoms with van der Waals surface area (Å²) in [5.74, 6) is -0.195. The maximum Gasteiger partial charge on any atom is 0.273 e. The number of benzene rings is 2. The van der Waals surface area contributed by atoms with Crippen LogP contribution >= 0.6 is 0 Å². The Morgan fingerprint density at radius 1 is 1.17 bits per heavy atom. The van der Waals surface area contributed by atoms with Crippen molar-refractivity contribution >= 4 is 11.6 Å². The molecule has 1 atom stereocenters. The van der Waals surface area contributed by atoms with Crippen LogP contribution in [0.1, 0.15) is 10.4 Å². The minimum Gasteiger partial charge on any atom is -0.491 e. The van der Waals surface area contributed by atoms with Crippen LogP contribution in [0.15, 0.2) is 48.5 Å². The van der Waals surface area contributed by atoms with Crippen molar-refractivity contribution in [2.75, 3.05) is 39.3 Å². The van der Waals surface area contributed by atoms with Crippen LogP contribution in [0.25, 0.3) is 0 Å². The number of piperazine rings is 1. The molecule has 2 aromatic rings. The smallest absolute Gasteiger partial charge is 0.273 e. The maximum atomic E-state index is 13.0. The Hall–Kier alpha value is -3.04. The molecule has 3 rings (SSSR count). The fourth-order valence-electron chi connectivity index (χ4n) is 3.14. The van der Waals surface area contributed by atoms with E-state index in [1.807, 2.05) is 4.90 Å². The topological polar surface area (TPSA) is 96.2 Å². The van der Waals surface area contributed by atoms with E-state index < -0.39 is 11.0 Å². The quantitative estimate of drug-likeness (QED) is 0.561. The average molecular weight is 403 g/mol. The molecule has 0 radical (unpaired) electrons. The highest BCUT2D eigenvalue weighted by Crippen LogP contribution is 2.19. The van der Waals surface area contributed by atoms with Crippen molar-refractivity contribution in [2.45, 2.75) is 6.10 Å². The van der Waals surface area contributed by atoms with E-state index in [9.17, 15) is 24.4 Å². The molecule has 1 aliphatic rings. The van der Waals surface area contributed by atoms with Gasteiger partial charge in [-0.25, -0.2) is 4.39 Å². The van der Waals surface area contributed by atoms with Gasteiger partial charge in [0.15, 0.2) is 0 Å². The van der Waals surface area contributed by atoms with E-state index in [0.717, 1.165) is 0 Å². The Balaban J connectivity index is 1.43. The molecule has 1 aliphatic heterocycles. The van der Waals surface area contributed by atoms with Crippen LogP contribution in [0.5, 0.6) is 5.75 Å². The molecule has 2 aromatic carbocycles. The fraction of sp³-hybridized carbons (Fsp3) is 0.350. The molecular formula is C20H22FN3O5. The van der Waals surface area contributed by atoms with Crippen molar-refractivity contribution in [1.82, 2.24) is 9.80 Å². The standard InChI is InChI=1S/C20H22FN3O5/c21-16-6-4-15(5-7-16)20(26)23-10-8-22(9-11-23)13-18(25)14-29-19-3-1-2-17(12-19)24(27)28/h1-7,12,18,25H,8-11,13-14H2. The zero-order chi connectivity index (χ0) is 20.8. The fourth-order valence-corrected chi connectivity index (χ4v) is 3.14.